The summed E-state index contributed by atoms with van der Waals surface area (Å²) in [5.41, 5.74) is 2.03. The molecular formula is C11H13ClN2. The van der Waals surface area contributed by atoms with Crippen LogP contribution in [0.3, 0.4) is 0 Å². The van der Waals surface area contributed by atoms with Crippen molar-refractivity contribution in [2.75, 3.05) is 11.9 Å². The maximum absolute atomic E-state index is 8.62. The van der Waals surface area contributed by atoms with E-state index in [2.05, 4.69) is 11.4 Å². The Morgan fingerprint density at radius 3 is 2.93 bits per heavy atom. The first-order chi connectivity index (χ1) is 6.65. The summed E-state index contributed by atoms with van der Waals surface area (Å²) in [6.45, 7) is 4.49. The number of halogens is 1. The first kappa shape index (κ1) is 10.9. The summed E-state index contributed by atoms with van der Waals surface area (Å²) in [4.78, 5) is 0. The molecule has 0 aliphatic heterocycles. The van der Waals surface area contributed by atoms with Gasteiger partial charge in [0.1, 0.15) is 0 Å². The molecule has 14 heavy (non-hydrogen) atoms. The van der Waals surface area contributed by atoms with Gasteiger partial charge in [-0.3, -0.25) is 0 Å². The Morgan fingerprint density at radius 1 is 1.57 bits per heavy atom. The molecule has 74 valence electrons. The molecule has 2 nitrogen and oxygen atoms in total. The lowest BCUT2D eigenvalue weighted by atomic mass is 10.1. The zero-order valence-electron chi connectivity index (χ0n) is 8.34. The summed E-state index contributed by atoms with van der Waals surface area (Å²) in [6.07, 6.45) is 0. The van der Waals surface area contributed by atoms with Gasteiger partial charge in [0.2, 0.25) is 0 Å². The van der Waals surface area contributed by atoms with Crippen LogP contribution in [0.15, 0.2) is 18.2 Å². The normalized spacial score (nSPS) is 11.9. The molecule has 0 amide bonds. The summed E-state index contributed by atoms with van der Waals surface area (Å²) >= 11 is 5.96. The molecule has 0 aromatic heterocycles. The second-order valence-electron chi connectivity index (χ2n) is 3.32. The molecule has 1 rings (SSSR count). The largest absolute Gasteiger partial charge is 0.383 e. The second kappa shape index (κ2) is 4.88. The van der Waals surface area contributed by atoms with Crippen LogP contribution in [0.5, 0.6) is 0 Å². The minimum atomic E-state index is 0.00776. The predicted octanol–water partition coefficient (Wildman–Crippen LogP) is 3.22. The lowest BCUT2D eigenvalue weighted by Gasteiger charge is -2.11. The Balaban J connectivity index is 2.69. The van der Waals surface area contributed by atoms with Gasteiger partial charge >= 0.3 is 0 Å². The molecule has 1 unspecified atom stereocenters. The maximum atomic E-state index is 8.62. The zero-order chi connectivity index (χ0) is 10.6. The maximum Gasteiger partial charge on any atom is 0.0671 e. The molecule has 0 aliphatic carbocycles. The van der Waals surface area contributed by atoms with Crippen LogP contribution in [-0.2, 0) is 0 Å². The van der Waals surface area contributed by atoms with Crippen LogP contribution in [0.25, 0.3) is 0 Å². The first-order valence-corrected chi connectivity index (χ1v) is 4.91. The molecule has 0 spiro atoms. The van der Waals surface area contributed by atoms with Crippen molar-refractivity contribution in [2.45, 2.75) is 13.8 Å². The number of hydrogen-bond donors (Lipinski definition) is 1. The highest BCUT2D eigenvalue weighted by atomic mass is 35.5. The average molecular weight is 209 g/mol. The minimum Gasteiger partial charge on any atom is -0.383 e. The van der Waals surface area contributed by atoms with Gasteiger partial charge < -0.3 is 5.32 Å². The van der Waals surface area contributed by atoms with Gasteiger partial charge in [0, 0.05) is 17.3 Å². The molecule has 0 bridgehead atoms. The van der Waals surface area contributed by atoms with E-state index < -0.39 is 0 Å². The van der Waals surface area contributed by atoms with Crippen LogP contribution in [0.2, 0.25) is 5.02 Å². The topological polar surface area (TPSA) is 35.8 Å². The van der Waals surface area contributed by atoms with Crippen molar-refractivity contribution in [3.05, 3.63) is 28.8 Å². The molecule has 0 saturated carbocycles. The van der Waals surface area contributed by atoms with Crippen molar-refractivity contribution in [1.82, 2.24) is 0 Å². The van der Waals surface area contributed by atoms with E-state index in [0.29, 0.717) is 6.54 Å². The summed E-state index contributed by atoms with van der Waals surface area (Å²) in [5.74, 6) is 0.00776. The van der Waals surface area contributed by atoms with Crippen molar-refractivity contribution in [3.63, 3.8) is 0 Å². The standard InChI is InChI=1S/C11H13ClN2/c1-8(6-13)7-14-11-5-3-4-10(12)9(11)2/h3-5,8,14H,7H2,1-2H3. The van der Waals surface area contributed by atoms with E-state index in [1.165, 1.54) is 0 Å². The van der Waals surface area contributed by atoms with E-state index in [-0.39, 0.29) is 5.92 Å². The Bertz CT molecular complexity index is 355. The van der Waals surface area contributed by atoms with Gasteiger partial charge in [-0.1, -0.05) is 17.7 Å². The second-order valence-corrected chi connectivity index (χ2v) is 3.73. The molecular weight excluding hydrogens is 196 g/mol. The number of nitrogens with zero attached hydrogens (tertiary/aromatic N) is 1. The van der Waals surface area contributed by atoms with Crippen molar-refractivity contribution < 1.29 is 0 Å². The number of anilines is 1. The van der Waals surface area contributed by atoms with E-state index in [1.807, 2.05) is 32.0 Å². The van der Waals surface area contributed by atoms with Crippen LogP contribution in [0.1, 0.15) is 12.5 Å². The van der Waals surface area contributed by atoms with Crippen molar-refractivity contribution >= 4 is 17.3 Å². The monoisotopic (exact) mass is 208 g/mol. The molecule has 1 aromatic rings. The van der Waals surface area contributed by atoms with E-state index in [1.54, 1.807) is 0 Å². The summed E-state index contributed by atoms with van der Waals surface area (Å²) < 4.78 is 0. The van der Waals surface area contributed by atoms with Crippen molar-refractivity contribution in [1.29, 1.82) is 5.26 Å². The first-order valence-electron chi connectivity index (χ1n) is 4.53. The SMILES string of the molecule is Cc1c(Cl)cccc1NCC(C)C#N. The lowest BCUT2D eigenvalue weighted by Crippen LogP contribution is -2.10. The molecule has 1 aromatic carbocycles. The lowest BCUT2D eigenvalue weighted by molar-refractivity contribution is 0.785. The molecule has 1 N–H and O–H groups in total. The van der Waals surface area contributed by atoms with E-state index >= 15 is 0 Å². The van der Waals surface area contributed by atoms with Gasteiger partial charge in [-0.15, -0.1) is 0 Å². The number of hydrogen-bond acceptors (Lipinski definition) is 2. The van der Waals surface area contributed by atoms with Crippen LogP contribution in [0, 0.1) is 24.2 Å². The van der Waals surface area contributed by atoms with Gasteiger partial charge in [0.25, 0.3) is 0 Å². The third-order valence-corrected chi connectivity index (χ3v) is 2.50. The number of nitrogens with one attached hydrogen (secondary N) is 1. The number of rotatable bonds is 3. The quantitative estimate of drug-likeness (QED) is 0.828. The van der Waals surface area contributed by atoms with Crippen LogP contribution >= 0.6 is 11.6 Å². The highest BCUT2D eigenvalue weighted by molar-refractivity contribution is 6.31. The van der Waals surface area contributed by atoms with E-state index in [0.717, 1.165) is 16.3 Å². The van der Waals surface area contributed by atoms with Gasteiger partial charge in [0.15, 0.2) is 0 Å². The van der Waals surface area contributed by atoms with Gasteiger partial charge in [-0.2, -0.15) is 5.26 Å². The number of benzene rings is 1. The molecule has 1 atom stereocenters. The van der Waals surface area contributed by atoms with Crippen LogP contribution in [-0.4, -0.2) is 6.54 Å². The average Bonchev–Trinajstić information content (AvgIpc) is 2.20. The Hall–Kier alpha value is -1.20. The molecule has 3 heteroatoms. The van der Waals surface area contributed by atoms with Crippen molar-refractivity contribution in [2.24, 2.45) is 5.92 Å². The molecule has 0 aliphatic rings. The fourth-order valence-corrected chi connectivity index (χ4v) is 1.28. The predicted molar refractivity (Wildman–Crippen MR) is 59.5 cm³/mol. The smallest absolute Gasteiger partial charge is 0.0671 e. The minimum absolute atomic E-state index is 0.00776. The molecule has 0 saturated heterocycles. The van der Waals surface area contributed by atoms with Gasteiger partial charge in [-0.25, -0.2) is 0 Å². The third kappa shape index (κ3) is 2.65. The fourth-order valence-electron chi connectivity index (χ4n) is 1.11. The van der Waals surface area contributed by atoms with E-state index in [9.17, 15) is 0 Å². The van der Waals surface area contributed by atoms with Gasteiger partial charge in [-0.05, 0) is 31.5 Å². The summed E-state index contributed by atoms with van der Waals surface area (Å²) in [6, 6.07) is 7.89. The Kier molecular flexibility index (Phi) is 3.79. The highest BCUT2D eigenvalue weighted by Crippen LogP contribution is 2.22. The Labute approximate surface area is 89.5 Å². The van der Waals surface area contributed by atoms with Crippen LogP contribution in [0.4, 0.5) is 5.69 Å². The molecule has 0 heterocycles. The highest BCUT2D eigenvalue weighted by Gasteiger charge is 2.03. The third-order valence-electron chi connectivity index (χ3n) is 2.09. The fraction of sp³-hybridized carbons (Fsp3) is 0.364. The van der Waals surface area contributed by atoms with Gasteiger partial charge in [0.05, 0.1) is 12.0 Å². The summed E-state index contributed by atoms with van der Waals surface area (Å²) in [7, 11) is 0. The van der Waals surface area contributed by atoms with Crippen LogP contribution < -0.4 is 5.32 Å². The number of nitriles is 1. The summed E-state index contributed by atoms with van der Waals surface area (Å²) in [5, 5.41) is 12.6. The zero-order valence-corrected chi connectivity index (χ0v) is 9.10. The van der Waals surface area contributed by atoms with Crippen molar-refractivity contribution in [3.8, 4) is 6.07 Å². The molecule has 0 radical (unpaired) electrons. The Morgan fingerprint density at radius 2 is 2.29 bits per heavy atom. The van der Waals surface area contributed by atoms with E-state index in [4.69, 9.17) is 16.9 Å². The molecule has 0 fully saturated rings.